The van der Waals surface area contributed by atoms with E-state index in [1.54, 1.807) is 13.1 Å². The Morgan fingerprint density at radius 2 is 2.20 bits per heavy atom. The number of nitro groups is 1. The van der Waals surface area contributed by atoms with E-state index in [1.807, 2.05) is 0 Å². The molecule has 0 bridgehead atoms. The fourth-order valence-electron chi connectivity index (χ4n) is 1.65. The van der Waals surface area contributed by atoms with Gasteiger partial charge in [-0.05, 0) is 12.1 Å². The summed E-state index contributed by atoms with van der Waals surface area (Å²) < 4.78 is 1.44. The van der Waals surface area contributed by atoms with Crippen molar-refractivity contribution in [2.75, 3.05) is 10.7 Å². The number of rotatable bonds is 4. The molecule has 2 aromatic rings. The first-order valence-electron chi connectivity index (χ1n) is 5.57. The Balaban J connectivity index is 2.37. The highest BCUT2D eigenvalue weighted by molar-refractivity contribution is 6.07. The normalized spacial score (nSPS) is 10.1. The molecule has 2 rings (SSSR count). The molecule has 0 aliphatic rings. The van der Waals surface area contributed by atoms with Gasteiger partial charge in [0.1, 0.15) is 11.4 Å². The van der Waals surface area contributed by atoms with Crippen molar-refractivity contribution >= 4 is 23.1 Å². The first kappa shape index (κ1) is 13.5. The summed E-state index contributed by atoms with van der Waals surface area (Å²) in [6.45, 7) is 0. The van der Waals surface area contributed by atoms with Gasteiger partial charge in [-0.2, -0.15) is 5.10 Å². The van der Waals surface area contributed by atoms with Gasteiger partial charge in [0, 0.05) is 24.9 Å². The maximum absolute atomic E-state index is 12.1. The SMILES string of the molecule is Cn1nccc1NC(=O)c1cc(NN)ccc1[N+](=O)[O-]. The first-order chi connectivity index (χ1) is 9.52. The molecular weight excluding hydrogens is 264 g/mol. The van der Waals surface area contributed by atoms with E-state index < -0.39 is 10.8 Å². The lowest BCUT2D eigenvalue weighted by Crippen LogP contribution is -2.17. The fraction of sp³-hybridized carbons (Fsp3) is 0.0909. The standard InChI is InChI=1S/C11H12N6O3/c1-16-10(4-5-13-16)14-11(18)8-6-7(15-12)2-3-9(8)17(19)20/h2-6,15H,12H2,1H3,(H,14,18). The van der Waals surface area contributed by atoms with Gasteiger partial charge >= 0.3 is 0 Å². The molecule has 0 atom stereocenters. The van der Waals surface area contributed by atoms with Crippen LogP contribution in [0, 0.1) is 10.1 Å². The van der Waals surface area contributed by atoms with Gasteiger partial charge in [-0.3, -0.25) is 25.4 Å². The van der Waals surface area contributed by atoms with Gasteiger partial charge in [-0.25, -0.2) is 0 Å². The molecule has 1 amide bonds. The third-order valence-corrected chi connectivity index (χ3v) is 2.67. The van der Waals surface area contributed by atoms with E-state index in [4.69, 9.17) is 5.84 Å². The molecule has 9 nitrogen and oxygen atoms in total. The van der Waals surface area contributed by atoms with Crippen LogP contribution in [0.2, 0.25) is 0 Å². The Labute approximate surface area is 113 Å². The number of nitrogens with two attached hydrogens (primary N) is 1. The van der Waals surface area contributed by atoms with Crippen LogP contribution in [0.3, 0.4) is 0 Å². The summed E-state index contributed by atoms with van der Waals surface area (Å²) in [4.78, 5) is 22.5. The van der Waals surface area contributed by atoms with Crippen LogP contribution in [0.1, 0.15) is 10.4 Å². The maximum atomic E-state index is 12.1. The highest BCUT2D eigenvalue weighted by atomic mass is 16.6. The zero-order chi connectivity index (χ0) is 14.7. The summed E-state index contributed by atoms with van der Waals surface area (Å²) in [5, 5.41) is 17.4. The number of carbonyl (C=O) groups excluding carboxylic acids is 1. The molecule has 1 aromatic carbocycles. The minimum Gasteiger partial charge on any atom is -0.324 e. The number of carbonyl (C=O) groups is 1. The minimum atomic E-state index is -0.627. The monoisotopic (exact) mass is 276 g/mol. The second-order valence-corrected chi connectivity index (χ2v) is 3.93. The maximum Gasteiger partial charge on any atom is 0.282 e. The first-order valence-corrected chi connectivity index (χ1v) is 5.57. The summed E-state index contributed by atoms with van der Waals surface area (Å²) in [7, 11) is 1.64. The van der Waals surface area contributed by atoms with Crippen molar-refractivity contribution in [3.63, 3.8) is 0 Å². The van der Waals surface area contributed by atoms with Gasteiger partial charge in [-0.15, -0.1) is 0 Å². The Hall–Kier alpha value is -2.94. The van der Waals surface area contributed by atoms with Gasteiger partial charge < -0.3 is 10.7 Å². The predicted octanol–water partition coefficient (Wildman–Crippen LogP) is 0.866. The lowest BCUT2D eigenvalue weighted by atomic mass is 10.1. The lowest BCUT2D eigenvalue weighted by molar-refractivity contribution is -0.385. The van der Waals surface area contributed by atoms with Crippen molar-refractivity contribution in [3.05, 3.63) is 46.1 Å². The third-order valence-electron chi connectivity index (χ3n) is 2.67. The summed E-state index contributed by atoms with van der Waals surface area (Å²) in [5.41, 5.74) is 2.34. The van der Waals surface area contributed by atoms with Crippen LogP contribution in [0.5, 0.6) is 0 Å². The van der Waals surface area contributed by atoms with Crippen LogP contribution in [-0.4, -0.2) is 20.6 Å². The van der Waals surface area contributed by atoms with Gasteiger partial charge in [0.15, 0.2) is 0 Å². The van der Waals surface area contributed by atoms with Crippen LogP contribution >= 0.6 is 0 Å². The summed E-state index contributed by atoms with van der Waals surface area (Å²) >= 11 is 0. The Morgan fingerprint density at radius 3 is 2.75 bits per heavy atom. The molecule has 0 aliphatic carbocycles. The van der Waals surface area contributed by atoms with Crippen molar-refractivity contribution < 1.29 is 9.72 Å². The summed E-state index contributed by atoms with van der Waals surface area (Å²) in [5.74, 6) is 5.05. The molecule has 0 spiro atoms. The van der Waals surface area contributed by atoms with E-state index in [1.165, 1.54) is 29.1 Å². The van der Waals surface area contributed by atoms with Gasteiger partial charge in [0.05, 0.1) is 11.1 Å². The second-order valence-electron chi connectivity index (χ2n) is 3.93. The number of nitro benzene ring substituents is 1. The van der Waals surface area contributed by atoms with Crippen LogP contribution in [0.25, 0.3) is 0 Å². The third kappa shape index (κ3) is 2.57. The highest BCUT2D eigenvalue weighted by Gasteiger charge is 2.21. The molecule has 104 valence electrons. The smallest absolute Gasteiger partial charge is 0.282 e. The number of anilines is 2. The average molecular weight is 276 g/mol. The van der Waals surface area contributed by atoms with Crippen molar-refractivity contribution in [3.8, 4) is 0 Å². The second kappa shape index (κ2) is 5.36. The van der Waals surface area contributed by atoms with E-state index in [-0.39, 0.29) is 11.3 Å². The summed E-state index contributed by atoms with van der Waals surface area (Å²) in [6, 6.07) is 5.52. The van der Waals surface area contributed by atoms with E-state index in [2.05, 4.69) is 15.8 Å². The number of hydrogen-bond acceptors (Lipinski definition) is 6. The van der Waals surface area contributed by atoms with Crippen LogP contribution in [0.4, 0.5) is 17.2 Å². The lowest BCUT2D eigenvalue weighted by Gasteiger charge is -2.07. The van der Waals surface area contributed by atoms with E-state index in [0.29, 0.717) is 11.5 Å². The van der Waals surface area contributed by atoms with Gasteiger partial charge in [0.25, 0.3) is 11.6 Å². The molecule has 0 aliphatic heterocycles. The average Bonchev–Trinajstić information content (AvgIpc) is 2.83. The molecule has 1 heterocycles. The number of nitrogen functional groups attached to an aromatic ring is 1. The van der Waals surface area contributed by atoms with Crippen molar-refractivity contribution in [1.82, 2.24) is 9.78 Å². The van der Waals surface area contributed by atoms with E-state index in [0.717, 1.165) is 0 Å². The van der Waals surface area contributed by atoms with Gasteiger partial charge in [-0.1, -0.05) is 0 Å². The number of hydrazine groups is 1. The fourth-order valence-corrected chi connectivity index (χ4v) is 1.65. The molecule has 0 radical (unpaired) electrons. The van der Waals surface area contributed by atoms with Crippen LogP contribution in [0.15, 0.2) is 30.5 Å². The van der Waals surface area contributed by atoms with E-state index >= 15 is 0 Å². The molecular formula is C11H12N6O3. The van der Waals surface area contributed by atoms with Crippen LogP contribution < -0.4 is 16.6 Å². The van der Waals surface area contributed by atoms with Crippen LogP contribution in [-0.2, 0) is 7.05 Å². The molecule has 0 unspecified atom stereocenters. The van der Waals surface area contributed by atoms with Crippen molar-refractivity contribution in [1.29, 1.82) is 0 Å². The number of aromatic nitrogens is 2. The molecule has 0 fully saturated rings. The molecule has 0 saturated heterocycles. The largest absolute Gasteiger partial charge is 0.324 e. The van der Waals surface area contributed by atoms with E-state index in [9.17, 15) is 14.9 Å². The number of amides is 1. The highest BCUT2D eigenvalue weighted by Crippen LogP contribution is 2.23. The molecule has 0 saturated carbocycles. The molecule has 9 heteroatoms. The van der Waals surface area contributed by atoms with Crippen molar-refractivity contribution in [2.45, 2.75) is 0 Å². The molecule has 20 heavy (non-hydrogen) atoms. The Kier molecular flexibility index (Phi) is 3.62. The quantitative estimate of drug-likeness (QED) is 0.431. The number of hydrogen-bond donors (Lipinski definition) is 3. The zero-order valence-corrected chi connectivity index (χ0v) is 10.5. The molecule has 1 aromatic heterocycles. The molecule has 4 N–H and O–H groups in total. The Bertz CT molecular complexity index is 666. The number of benzene rings is 1. The minimum absolute atomic E-state index is 0.0911. The summed E-state index contributed by atoms with van der Waals surface area (Å²) in [6.07, 6.45) is 1.50. The van der Waals surface area contributed by atoms with Crippen molar-refractivity contribution in [2.24, 2.45) is 12.9 Å². The zero-order valence-electron chi connectivity index (χ0n) is 10.5. The number of nitrogens with one attached hydrogen (secondary N) is 2. The Morgan fingerprint density at radius 1 is 1.45 bits per heavy atom. The number of nitrogens with zero attached hydrogens (tertiary/aromatic N) is 3. The number of aryl methyl sites for hydroxylation is 1. The topological polar surface area (TPSA) is 128 Å². The predicted molar refractivity (Wildman–Crippen MR) is 72.1 cm³/mol. The van der Waals surface area contributed by atoms with Gasteiger partial charge in [0.2, 0.25) is 0 Å².